The Labute approximate surface area is 138 Å². The molecule has 0 fully saturated rings. The van der Waals surface area contributed by atoms with Crippen molar-refractivity contribution in [1.29, 1.82) is 0 Å². The van der Waals surface area contributed by atoms with Gasteiger partial charge in [-0.05, 0) is 50.1 Å². The fourth-order valence-corrected chi connectivity index (χ4v) is 3.50. The van der Waals surface area contributed by atoms with Crippen molar-refractivity contribution in [3.8, 4) is 0 Å². The number of carbonyl (C=O) groups excluding carboxylic acids is 1. The van der Waals surface area contributed by atoms with Crippen LogP contribution in [0.2, 0.25) is 0 Å². The minimum Gasteiger partial charge on any atom is -0.324 e. The summed E-state index contributed by atoms with van der Waals surface area (Å²) in [5.41, 5.74) is 2.75. The summed E-state index contributed by atoms with van der Waals surface area (Å²) < 4.78 is 2.43. The topological polar surface area (TPSA) is 51.1 Å². The van der Waals surface area contributed by atoms with Gasteiger partial charge in [0.15, 0.2) is 0 Å². The molecule has 0 saturated carbocycles. The van der Waals surface area contributed by atoms with E-state index in [2.05, 4.69) is 5.32 Å². The number of benzene rings is 2. The lowest BCUT2D eigenvalue weighted by Crippen LogP contribution is -2.28. The van der Waals surface area contributed by atoms with E-state index in [0.29, 0.717) is 5.39 Å². The highest BCUT2D eigenvalue weighted by Gasteiger charge is 2.20. The van der Waals surface area contributed by atoms with Gasteiger partial charge in [0, 0.05) is 5.69 Å². The lowest BCUT2D eigenvalue weighted by molar-refractivity contribution is -0.118. The number of aromatic nitrogens is 1. The number of hydrogen-bond donors (Lipinski definition) is 1. The van der Waals surface area contributed by atoms with E-state index in [1.165, 1.54) is 15.5 Å². The number of anilines is 1. The first kappa shape index (κ1) is 15.5. The molecule has 0 spiro atoms. The van der Waals surface area contributed by atoms with Gasteiger partial charge in [0.05, 0.1) is 10.1 Å². The van der Waals surface area contributed by atoms with Crippen molar-refractivity contribution in [2.45, 2.75) is 26.8 Å². The van der Waals surface area contributed by atoms with Crippen LogP contribution in [-0.2, 0) is 4.79 Å². The van der Waals surface area contributed by atoms with Gasteiger partial charge in [-0.1, -0.05) is 35.8 Å². The zero-order chi connectivity index (χ0) is 16.6. The highest BCUT2D eigenvalue weighted by Crippen LogP contribution is 2.22. The molecule has 1 aromatic heterocycles. The summed E-state index contributed by atoms with van der Waals surface area (Å²) in [5, 5.41) is 3.59. The molecule has 1 unspecified atom stereocenters. The average Bonchev–Trinajstić information content (AvgIpc) is 2.87. The van der Waals surface area contributed by atoms with Crippen molar-refractivity contribution in [3.05, 3.63) is 63.9 Å². The van der Waals surface area contributed by atoms with E-state index >= 15 is 0 Å². The van der Waals surface area contributed by atoms with E-state index in [1.54, 1.807) is 13.0 Å². The number of amides is 1. The Kier molecular flexibility index (Phi) is 4.05. The van der Waals surface area contributed by atoms with Gasteiger partial charge in [-0.2, -0.15) is 0 Å². The van der Waals surface area contributed by atoms with Crippen LogP contribution in [-0.4, -0.2) is 9.86 Å². The number of fused-ring (bicyclic) bond motifs is 1. The lowest BCUT2D eigenvalue weighted by atomic mass is 10.1. The predicted molar refractivity (Wildman–Crippen MR) is 95.3 cm³/mol. The monoisotopic (exact) mass is 326 g/mol. The summed E-state index contributed by atoms with van der Waals surface area (Å²) in [6.45, 7) is 5.68. The first-order valence-corrected chi connectivity index (χ1v) is 8.23. The summed E-state index contributed by atoms with van der Waals surface area (Å²) >= 11 is 1.32. The molecular formula is C18H18N2O2S. The fraction of sp³-hybridized carbons (Fsp3) is 0.222. The number of carbonyl (C=O) groups is 1. The van der Waals surface area contributed by atoms with Crippen molar-refractivity contribution < 1.29 is 4.79 Å². The average molecular weight is 326 g/mol. The SMILES string of the molecule is Cc1ccc(C)c(NC(=O)C(C)n2sc3ccccc3c2=O)c1. The first-order valence-electron chi connectivity index (χ1n) is 7.46. The van der Waals surface area contributed by atoms with E-state index < -0.39 is 6.04 Å². The van der Waals surface area contributed by atoms with Gasteiger partial charge < -0.3 is 5.32 Å². The third kappa shape index (κ3) is 2.92. The minimum atomic E-state index is -0.556. The zero-order valence-corrected chi connectivity index (χ0v) is 14.1. The Hall–Kier alpha value is -2.40. The maximum Gasteiger partial charge on any atom is 0.269 e. The number of nitrogens with zero attached hydrogens (tertiary/aromatic N) is 1. The van der Waals surface area contributed by atoms with Crippen LogP contribution in [0.3, 0.4) is 0 Å². The van der Waals surface area contributed by atoms with Crippen LogP contribution < -0.4 is 10.9 Å². The van der Waals surface area contributed by atoms with Gasteiger partial charge in [-0.15, -0.1) is 0 Å². The molecule has 1 amide bonds. The molecule has 0 bridgehead atoms. The van der Waals surface area contributed by atoms with Crippen molar-refractivity contribution in [1.82, 2.24) is 3.96 Å². The highest BCUT2D eigenvalue weighted by molar-refractivity contribution is 7.14. The minimum absolute atomic E-state index is 0.116. The Morgan fingerprint density at radius 3 is 2.65 bits per heavy atom. The molecule has 3 rings (SSSR count). The van der Waals surface area contributed by atoms with Gasteiger partial charge in [0.2, 0.25) is 5.91 Å². The van der Waals surface area contributed by atoms with Crippen LogP contribution in [0.1, 0.15) is 24.1 Å². The summed E-state index contributed by atoms with van der Waals surface area (Å²) in [7, 11) is 0. The van der Waals surface area contributed by atoms with Crippen LogP contribution in [0.15, 0.2) is 47.3 Å². The van der Waals surface area contributed by atoms with Crippen LogP contribution >= 0.6 is 11.5 Å². The summed E-state index contributed by atoms with van der Waals surface area (Å²) in [6.07, 6.45) is 0. The number of hydrogen-bond acceptors (Lipinski definition) is 3. The molecule has 1 N–H and O–H groups in total. The predicted octanol–water partition coefficient (Wildman–Crippen LogP) is 3.88. The van der Waals surface area contributed by atoms with Crippen molar-refractivity contribution in [2.75, 3.05) is 5.32 Å². The van der Waals surface area contributed by atoms with Crippen LogP contribution in [0, 0.1) is 13.8 Å². The van der Waals surface area contributed by atoms with Gasteiger partial charge in [0.1, 0.15) is 6.04 Å². The second-order valence-corrected chi connectivity index (χ2v) is 6.72. The summed E-state index contributed by atoms with van der Waals surface area (Å²) in [6, 6.07) is 12.8. The quantitative estimate of drug-likeness (QED) is 0.794. The second kappa shape index (κ2) is 6.01. The first-order chi connectivity index (χ1) is 11.0. The molecular weight excluding hydrogens is 308 g/mol. The maximum atomic E-state index is 12.5. The zero-order valence-electron chi connectivity index (χ0n) is 13.3. The molecule has 118 valence electrons. The smallest absolute Gasteiger partial charge is 0.269 e. The van der Waals surface area contributed by atoms with E-state index in [1.807, 2.05) is 50.2 Å². The summed E-state index contributed by atoms with van der Waals surface area (Å²) in [5.74, 6) is -0.188. The number of aryl methyl sites for hydroxylation is 2. The van der Waals surface area contributed by atoms with Gasteiger partial charge in [-0.25, -0.2) is 0 Å². The fourth-order valence-electron chi connectivity index (χ4n) is 2.46. The third-order valence-electron chi connectivity index (χ3n) is 3.90. The van der Waals surface area contributed by atoms with Crippen LogP contribution in [0.5, 0.6) is 0 Å². The normalized spacial score (nSPS) is 12.3. The maximum absolute atomic E-state index is 12.5. The third-order valence-corrected chi connectivity index (χ3v) is 5.13. The molecule has 1 atom stereocenters. The number of nitrogens with one attached hydrogen (secondary N) is 1. The van der Waals surface area contributed by atoms with Crippen molar-refractivity contribution >= 4 is 33.2 Å². The molecule has 23 heavy (non-hydrogen) atoms. The van der Waals surface area contributed by atoms with E-state index in [4.69, 9.17) is 0 Å². The molecule has 0 radical (unpaired) electrons. The molecule has 0 aliphatic carbocycles. The van der Waals surface area contributed by atoms with Crippen LogP contribution in [0.25, 0.3) is 10.1 Å². The molecule has 1 heterocycles. The molecule has 3 aromatic rings. The highest BCUT2D eigenvalue weighted by atomic mass is 32.1. The lowest BCUT2D eigenvalue weighted by Gasteiger charge is -2.14. The molecule has 0 aliphatic rings. The van der Waals surface area contributed by atoms with E-state index in [-0.39, 0.29) is 11.5 Å². The second-order valence-electron chi connectivity index (χ2n) is 5.70. The van der Waals surface area contributed by atoms with Crippen molar-refractivity contribution in [3.63, 3.8) is 0 Å². The largest absolute Gasteiger partial charge is 0.324 e. The molecule has 0 saturated heterocycles. The van der Waals surface area contributed by atoms with E-state index in [0.717, 1.165) is 21.5 Å². The Bertz CT molecular complexity index is 940. The van der Waals surface area contributed by atoms with Gasteiger partial charge >= 0.3 is 0 Å². The van der Waals surface area contributed by atoms with E-state index in [9.17, 15) is 9.59 Å². The standard InChI is InChI=1S/C18H18N2O2S/c1-11-8-9-12(2)15(10-11)19-17(21)13(3)20-18(22)14-6-4-5-7-16(14)23-20/h4-10,13H,1-3H3,(H,19,21). The molecule has 5 heteroatoms. The Balaban J connectivity index is 1.91. The van der Waals surface area contributed by atoms with Crippen LogP contribution in [0.4, 0.5) is 5.69 Å². The summed E-state index contributed by atoms with van der Waals surface area (Å²) in [4.78, 5) is 25.0. The Morgan fingerprint density at radius 1 is 1.17 bits per heavy atom. The molecule has 2 aromatic carbocycles. The van der Waals surface area contributed by atoms with Gasteiger partial charge in [-0.3, -0.25) is 13.5 Å². The number of rotatable bonds is 3. The van der Waals surface area contributed by atoms with Crippen molar-refractivity contribution in [2.24, 2.45) is 0 Å². The molecule has 0 aliphatic heterocycles. The Morgan fingerprint density at radius 2 is 1.91 bits per heavy atom. The van der Waals surface area contributed by atoms with Gasteiger partial charge in [0.25, 0.3) is 5.56 Å². The molecule has 4 nitrogen and oxygen atoms in total.